The second-order valence-electron chi connectivity index (χ2n) is 9.81. The Morgan fingerprint density at radius 2 is 1.85 bits per heavy atom. The van der Waals surface area contributed by atoms with E-state index in [4.69, 9.17) is 0 Å². The summed E-state index contributed by atoms with van der Waals surface area (Å²) in [5.41, 5.74) is 0.276. The maximum atomic E-state index is 13.3. The number of aromatic nitrogens is 3. The highest BCUT2D eigenvalue weighted by molar-refractivity contribution is 7.89. The Labute approximate surface area is 200 Å². The van der Waals surface area contributed by atoms with E-state index >= 15 is 0 Å². The minimum absolute atomic E-state index is 0.0101. The van der Waals surface area contributed by atoms with Crippen LogP contribution in [0.2, 0.25) is 0 Å². The number of sulfonamides is 1. The van der Waals surface area contributed by atoms with Gasteiger partial charge in [0.25, 0.3) is 5.69 Å². The third-order valence-electron chi connectivity index (χ3n) is 7.40. The van der Waals surface area contributed by atoms with Gasteiger partial charge in [0.2, 0.25) is 10.0 Å². The number of hydrogen-bond donors (Lipinski definition) is 0. The van der Waals surface area contributed by atoms with E-state index in [1.165, 1.54) is 16.4 Å². The van der Waals surface area contributed by atoms with Gasteiger partial charge in [0.15, 0.2) is 5.82 Å². The first-order valence-electron chi connectivity index (χ1n) is 12.3. The maximum absolute atomic E-state index is 13.3. The first-order valence-corrected chi connectivity index (χ1v) is 13.8. The highest BCUT2D eigenvalue weighted by Gasteiger charge is 2.36. The third kappa shape index (κ3) is 4.19. The van der Waals surface area contributed by atoms with Crippen molar-refractivity contribution in [3.05, 3.63) is 40.0 Å². The molecule has 2 fully saturated rings. The van der Waals surface area contributed by atoms with Crippen LogP contribution in [0.1, 0.15) is 69.6 Å². The number of piperidine rings is 1. The zero-order valence-corrected chi connectivity index (χ0v) is 20.4. The molecular weight excluding hydrogens is 456 g/mol. The van der Waals surface area contributed by atoms with Crippen LogP contribution in [0.5, 0.6) is 0 Å². The number of anilines is 1. The number of fused-ring (bicyclic) bond motifs is 1. The van der Waals surface area contributed by atoms with Crippen molar-refractivity contribution in [1.82, 2.24) is 19.1 Å². The quantitative estimate of drug-likeness (QED) is 0.466. The van der Waals surface area contributed by atoms with Gasteiger partial charge in [-0.3, -0.25) is 10.1 Å². The van der Waals surface area contributed by atoms with Crippen LogP contribution in [-0.4, -0.2) is 52.0 Å². The Hall–Kier alpha value is -2.53. The predicted molar refractivity (Wildman–Crippen MR) is 127 cm³/mol. The van der Waals surface area contributed by atoms with E-state index < -0.39 is 14.9 Å². The van der Waals surface area contributed by atoms with Crippen molar-refractivity contribution in [2.45, 2.75) is 75.8 Å². The molecule has 10 nitrogen and oxygen atoms in total. The molecule has 0 spiro atoms. The number of nitro groups is 1. The summed E-state index contributed by atoms with van der Waals surface area (Å²) in [7, 11) is -3.78. The Balaban J connectivity index is 1.49. The molecule has 3 aliphatic rings. The van der Waals surface area contributed by atoms with Crippen LogP contribution in [0.25, 0.3) is 0 Å². The van der Waals surface area contributed by atoms with Gasteiger partial charge in [-0.1, -0.05) is 13.3 Å². The van der Waals surface area contributed by atoms with Gasteiger partial charge in [0, 0.05) is 38.7 Å². The van der Waals surface area contributed by atoms with E-state index in [0.29, 0.717) is 25.3 Å². The van der Waals surface area contributed by atoms with Crippen molar-refractivity contribution in [2.24, 2.45) is 5.92 Å². The molecule has 5 rings (SSSR count). The number of aryl methyl sites for hydroxylation is 1. The van der Waals surface area contributed by atoms with Gasteiger partial charge < -0.3 is 9.47 Å². The molecule has 0 saturated carbocycles. The van der Waals surface area contributed by atoms with Gasteiger partial charge in [0.05, 0.1) is 15.9 Å². The summed E-state index contributed by atoms with van der Waals surface area (Å²) in [5.74, 6) is 2.13. The minimum Gasteiger partial charge on any atom is -0.356 e. The molecule has 184 valence electrons. The molecule has 2 saturated heterocycles. The van der Waals surface area contributed by atoms with Crippen LogP contribution >= 0.6 is 0 Å². The van der Waals surface area contributed by atoms with Gasteiger partial charge in [0.1, 0.15) is 11.5 Å². The average molecular weight is 489 g/mol. The normalized spacial score (nSPS) is 24.1. The van der Waals surface area contributed by atoms with Crippen molar-refractivity contribution >= 4 is 21.4 Å². The fraction of sp³-hybridized carbons (Fsp3) is 0.652. The van der Waals surface area contributed by atoms with E-state index in [0.717, 1.165) is 69.6 Å². The Morgan fingerprint density at radius 1 is 1.03 bits per heavy atom. The molecule has 0 unspecified atom stereocenters. The Morgan fingerprint density at radius 3 is 2.65 bits per heavy atom. The van der Waals surface area contributed by atoms with Gasteiger partial charge in [-0.2, -0.15) is 4.31 Å². The summed E-state index contributed by atoms with van der Waals surface area (Å²) in [4.78, 5) is 13.6. The third-order valence-corrected chi connectivity index (χ3v) is 9.26. The van der Waals surface area contributed by atoms with E-state index in [1.807, 2.05) is 11.8 Å². The van der Waals surface area contributed by atoms with Crippen LogP contribution in [0, 0.1) is 16.0 Å². The van der Waals surface area contributed by atoms with Crippen LogP contribution in [-0.2, 0) is 23.0 Å². The highest BCUT2D eigenvalue weighted by Crippen LogP contribution is 2.41. The summed E-state index contributed by atoms with van der Waals surface area (Å²) < 4.78 is 30.2. The SMILES string of the molecule is C[C@H]1CCCN(S(=O)(=O)c2ccc(N3CCC[C@H]3c3nnc4n3CCCCC4)c([N+](=O)[O-])c2)C1. The lowest BCUT2D eigenvalue weighted by molar-refractivity contribution is -0.384. The largest absolute Gasteiger partial charge is 0.356 e. The number of benzene rings is 1. The zero-order chi connectivity index (χ0) is 23.9. The molecule has 0 radical (unpaired) electrons. The van der Waals surface area contributed by atoms with Crippen LogP contribution < -0.4 is 4.90 Å². The standard InChI is InChI=1S/C23H32N6O4S/c1-17-7-5-12-26(16-17)34(32,33)18-10-11-19(21(15-18)29(30)31)27-14-6-8-20(27)23-25-24-22-9-3-2-4-13-28(22)23/h10-11,15,17,20H,2-9,12-14,16H2,1H3/t17-,20-/m0/s1. The summed E-state index contributed by atoms with van der Waals surface area (Å²) in [6.45, 7) is 4.46. The fourth-order valence-corrected chi connectivity index (χ4v) is 7.26. The summed E-state index contributed by atoms with van der Waals surface area (Å²) >= 11 is 0. The monoisotopic (exact) mass is 488 g/mol. The molecule has 1 aromatic carbocycles. The molecule has 34 heavy (non-hydrogen) atoms. The second kappa shape index (κ2) is 9.26. The number of rotatable bonds is 5. The van der Waals surface area contributed by atoms with Gasteiger partial charge in [-0.25, -0.2) is 8.42 Å². The van der Waals surface area contributed by atoms with E-state index in [-0.39, 0.29) is 22.5 Å². The molecule has 1 aromatic heterocycles. The Kier molecular flexibility index (Phi) is 6.32. The summed E-state index contributed by atoms with van der Waals surface area (Å²) in [6, 6.07) is 4.26. The molecule has 0 bridgehead atoms. The molecule has 0 amide bonds. The maximum Gasteiger partial charge on any atom is 0.293 e. The number of hydrogen-bond acceptors (Lipinski definition) is 7. The lowest BCUT2D eigenvalue weighted by atomic mass is 10.0. The molecule has 2 aromatic rings. The predicted octanol–water partition coefficient (Wildman–Crippen LogP) is 3.67. The summed E-state index contributed by atoms with van der Waals surface area (Å²) in [5, 5.41) is 21.0. The lowest BCUT2D eigenvalue weighted by Gasteiger charge is -2.30. The molecule has 4 heterocycles. The molecule has 2 atom stereocenters. The average Bonchev–Trinajstić information content (AvgIpc) is 3.39. The number of nitro benzene ring substituents is 1. The molecule has 3 aliphatic heterocycles. The van der Waals surface area contributed by atoms with Crippen molar-refractivity contribution in [2.75, 3.05) is 24.5 Å². The van der Waals surface area contributed by atoms with Crippen LogP contribution in [0.3, 0.4) is 0 Å². The molecule has 0 aliphatic carbocycles. The van der Waals surface area contributed by atoms with Crippen molar-refractivity contribution in [3.63, 3.8) is 0 Å². The van der Waals surface area contributed by atoms with Gasteiger partial charge >= 0.3 is 0 Å². The number of nitrogens with zero attached hydrogens (tertiary/aromatic N) is 6. The zero-order valence-electron chi connectivity index (χ0n) is 19.6. The van der Waals surface area contributed by atoms with Crippen LogP contribution in [0.4, 0.5) is 11.4 Å². The summed E-state index contributed by atoms with van der Waals surface area (Å²) in [6.07, 6.45) is 7.76. The lowest BCUT2D eigenvalue weighted by Crippen LogP contribution is -2.39. The van der Waals surface area contributed by atoms with Crippen LogP contribution in [0.15, 0.2) is 23.1 Å². The fourth-order valence-electron chi connectivity index (χ4n) is 5.64. The van der Waals surface area contributed by atoms with Crippen molar-refractivity contribution < 1.29 is 13.3 Å². The van der Waals surface area contributed by atoms with Gasteiger partial charge in [-0.15, -0.1) is 10.2 Å². The van der Waals surface area contributed by atoms with E-state index in [2.05, 4.69) is 14.8 Å². The van der Waals surface area contributed by atoms with E-state index in [9.17, 15) is 18.5 Å². The Bertz CT molecular complexity index is 1180. The van der Waals surface area contributed by atoms with E-state index in [1.54, 1.807) is 6.07 Å². The first kappa shape index (κ1) is 23.2. The molecular formula is C23H32N6O4S. The second-order valence-corrected chi connectivity index (χ2v) is 11.7. The minimum atomic E-state index is -3.78. The van der Waals surface area contributed by atoms with Crippen molar-refractivity contribution in [1.29, 1.82) is 0 Å². The first-order chi connectivity index (χ1) is 16.4. The van der Waals surface area contributed by atoms with Crippen molar-refractivity contribution in [3.8, 4) is 0 Å². The highest BCUT2D eigenvalue weighted by atomic mass is 32.2. The van der Waals surface area contributed by atoms with Gasteiger partial charge in [-0.05, 0) is 56.6 Å². The molecule has 11 heteroatoms. The molecule has 0 N–H and O–H groups in total. The smallest absolute Gasteiger partial charge is 0.293 e. The topological polar surface area (TPSA) is 114 Å².